The van der Waals surface area contributed by atoms with Crippen LogP contribution in [0.15, 0.2) is 0 Å². The predicted octanol–water partition coefficient (Wildman–Crippen LogP) is 2.24. The zero-order valence-electron chi connectivity index (χ0n) is 7.44. The van der Waals surface area contributed by atoms with E-state index in [1.54, 1.807) is 20.8 Å². The van der Waals surface area contributed by atoms with E-state index in [1.165, 1.54) is 6.92 Å². The molecule has 1 unspecified atom stereocenters. The summed E-state index contributed by atoms with van der Waals surface area (Å²) >= 11 is 0. The van der Waals surface area contributed by atoms with Crippen molar-refractivity contribution >= 4 is 5.97 Å². The molecule has 0 aliphatic carbocycles. The van der Waals surface area contributed by atoms with Gasteiger partial charge in [0.05, 0.1) is 6.42 Å². The van der Waals surface area contributed by atoms with Crippen LogP contribution in [0.3, 0.4) is 0 Å². The van der Waals surface area contributed by atoms with Crippen LogP contribution in [-0.2, 0) is 4.79 Å². The minimum absolute atomic E-state index is 0.434. The highest BCUT2D eigenvalue weighted by Crippen LogP contribution is 2.36. The molecular weight excluding hydrogens is 147 g/mol. The molecule has 0 aromatic heterocycles. The molecule has 0 saturated heterocycles. The molecular formula is C8H15FO2. The minimum atomic E-state index is -1.64. The van der Waals surface area contributed by atoms with Crippen molar-refractivity contribution in [2.75, 3.05) is 0 Å². The normalized spacial score (nSPS) is 17.5. The maximum Gasteiger partial charge on any atom is 0.306 e. The van der Waals surface area contributed by atoms with Crippen molar-refractivity contribution in [2.45, 2.75) is 39.8 Å². The van der Waals surface area contributed by atoms with Gasteiger partial charge in [-0.15, -0.1) is 0 Å². The average molecular weight is 162 g/mol. The molecule has 0 heterocycles. The molecule has 0 radical (unpaired) electrons. The van der Waals surface area contributed by atoms with Gasteiger partial charge >= 0.3 is 5.97 Å². The number of carboxylic acid groups (broad SMARTS) is 1. The van der Waals surface area contributed by atoms with E-state index in [1.807, 2.05) is 0 Å². The van der Waals surface area contributed by atoms with Crippen LogP contribution >= 0.6 is 0 Å². The fraction of sp³-hybridized carbons (Fsp3) is 0.875. The van der Waals surface area contributed by atoms with Crippen molar-refractivity contribution in [1.29, 1.82) is 0 Å². The summed E-state index contributed by atoms with van der Waals surface area (Å²) in [5, 5.41) is 8.37. The van der Waals surface area contributed by atoms with Gasteiger partial charge in [-0.25, -0.2) is 4.39 Å². The molecule has 0 aliphatic heterocycles. The molecule has 3 heteroatoms. The number of halogens is 1. The Morgan fingerprint density at radius 2 is 1.73 bits per heavy atom. The lowest BCUT2D eigenvalue weighted by atomic mass is 9.77. The molecule has 0 spiro atoms. The van der Waals surface area contributed by atoms with Crippen molar-refractivity contribution < 1.29 is 14.3 Å². The average Bonchev–Trinajstić information content (AvgIpc) is 1.56. The smallest absolute Gasteiger partial charge is 0.306 e. The molecule has 66 valence electrons. The van der Waals surface area contributed by atoms with Gasteiger partial charge in [0.2, 0.25) is 0 Å². The number of alkyl halides is 1. The second-order valence-electron chi connectivity index (χ2n) is 4.02. The third-order valence-corrected chi connectivity index (χ3v) is 2.05. The zero-order chi connectivity index (χ0) is 9.28. The molecule has 0 fully saturated rings. The first-order valence-corrected chi connectivity index (χ1v) is 3.57. The predicted molar refractivity (Wildman–Crippen MR) is 41.2 cm³/mol. The summed E-state index contributed by atoms with van der Waals surface area (Å²) in [5.74, 6) is -1.09. The van der Waals surface area contributed by atoms with Gasteiger partial charge in [0, 0.05) is 0 Å². The number of aliphatic carboxylic acids is 1. The molecule has 1 N–H and O–H groups in total. The number of carboxylic acids is 1. The fourth-order valence-electron chi connectivity index (χ4n) is 0.549. The van der Waals surface area contributed by atoms with Gasteiger partial charge < -0.3 is 5.11 Å². The molecule has 2 nitrogen and oxygen atoms in total. The van der Waals surface area contributed by atoms with E-state index in [0.717, 1.165) is 0 Å². The van der Waals surface area contributed by atoms with E-state index < -0.39 is 23.5 Å². The first-order chi connectivity index (χ1) is 4.67. The molecule has 0 bridgehead atoms. The highest BCUT2D eigenvalue weighted by atomic mass is 19.1. The van der Waals surface area contributed by atoms with Crippen LogP contribution in [0.5, 0.6) is 0 Å². The lowest BCUT2D eigenvalue weighted by molar-refractivity contribution is -0.142. The maximum atomic E-state index is 13.5. The van der Waals surface area contributed by atoms with E-state index in [9.17, 15) is 9.18 Å². The molecule has 0 aromatic rings. The molecule has 0 saturated carbocycles. The molecule has 0 rings (SSSR count). The summed E-state index contributed by atoms with van der Waals surface area (Å²) < 4.78 is 13.5. The van der Waals surface area contributed by atoms with Crippen molar-refractivity contribution in [1.82, 2.24) is 0 Å². The van der Waals surface area contributed by atoms with Crippen LogP contribution < -0.4 is 0 Å². The number of carbonyl (C=O) groups is 1. The van der Waals surface area contributed by atoms with Crippen molar-refractivity contribution in [3.8, 4) is 0 Å². The van der Waals surface area contributed by atoms with E-state index in [0.29, 0.717) is 0 Å². The minimum Gasteiger partial charge on any atom is -0.481 e. The monoisotopic (exact) mass is 162 g/mol. The Morgan fingerprint density at radius 3 is 1.82 bits per heavy atom. The van der Waals surface area contributed by atoms with Gasteiger partial charge in [0.15, 0.2) is 0 Å². The lowest BCUT2D eigenvalue weighted by Gasteiger charge is -2.33. The molecule has 0 aromatic carbocycles. The van der Waals surface area contributed by atoms with E-state index >= 15 is 0 Å². The summed E-state index contributed by atoms with van der Waals surface area (Å²) in [6.45, 7) is 6.39. The molecule has 1 atom stereocenters. The summed E-state index contributed by atoms with van der Waals surface area (Å²) in [4.78, 5) is 10.2. The highest BCUT2D eigenvalue weighted by molar-refractivity contribution is 5.68. The van der Waals surface area contributed by atoms with Crippen LogP contribution in [0.2, 0.25) is 0 Å². The second-order valence-corrected chi connectivity index (χ2v) is 4.02. The van der Waals surface area contributed by atoms with Gasteiger partial charge in [-0.3, -0.25) is 4.79 Å². The number of hydrogen-bond acceptors (Lipinski definition) is 1. The fourth-order valence-corrected chi connectivity index (χ4v) is 0.549. The number of rotatable bonds is 2. The first-order valence-electron chi connectivity index (χ1n) is 3.57. The molecule has 0 amide bonds. The Bertz CT molecular complexity index is 156. The summed E-state index contributed by atoms with van der Waals surface area (Å²) in [5.41, 5.74) is -2.26. The number of hydrogen-bond donors (Lipinski definition) is 1. The maximum absolute atomic E-state index is 13.5. The van der Waals surface area contributed by atoms with Crippen LogP contribution in [0.1, 0.15) is 34.1 Å². The van der Waals surface area contributed by atoms with Gasteiger partial charge in [-0.2, -0.15) is 0 Å². The van der Waals surface area contributed by atoms with Gasteiger partial charge in [-0.05, 0) is 12.3 Å². The van der Waals surface area contributed by atoms with E-state index in [-0.39, 0.29) is 0 Å². The largest absolute Gasteiger partial charge is 0.481 e. The highest BCUT2D eigenvalue weighted by Gasteiger charge is 2.39. The van der Waals surface area contributed by atoms with Crippen molar-refractivity contribution in [3.63, 3.8) is 0 Å². The quantitative estimate of drug-likeness (QED) is 0.676. The van der Waals surface area contributed by atoms with Crippen molar-refractivity contribution in [2.24, 2.45) is 5.41 Å². The zero-order valence-corrected chi connectivity index (χ0v) is 7.44. The van der Waals surface area contributed by atoms with Gasteiger partial charge in [0.25, 0.3) is 0 Å². The second kappa shape index (κ2) is 2.80. The lowest BCUT2D eigenvalue weighted by Crippen LogP contribution is -2.37. The van der Waals surface area contributed by atoms with Gasteiger partial charge in [-0.1, -0.05) is 20.8 Å². The summed E-state index contributed by atoms with van der Waals surface area (Å²) in [6, 6.07) is 0. The topological polar surface area (TPSA) is 37.3 Å². The van der Waals surface area contributed by atoms with Crippen LogP contribution in [0, 0.1) is 5.41 Å². The summed E-state index contributed by atoms with van der Waals surface area (Å²) in [7, 11) is 0. The van der Waals surface area contributed by atoms with Gasteiger partial charge in [0.1, 0.15) is 5.67 Å². The van der Waals surface area contributed by atoms with Crippen LogP contribution in [0.25, 0.3) is 0 Å². The van der Waals surface area contributed by atoms with Crippen LogP contribution in [0.4, 0.5) is 4.39 Å². The SMILES string of the molecule is CC(C)(C)C(C)(F)CC(=O)O. The standard InChI is InChI=1S/C8H15FO2/c1-7(2,3)8(4,9)5-6(10)11/h5H2,1-4H3,(H,10,11). The molecule has 0 aliphatic rings. The van der Waals surface area contributed by atoms with E-state index in [4.69, 9.17) is 5.11 Å². The molecule has 11 heavy (non-hydrogen) atoms. The Balaban J connectivity index is 4.34. The third-order valence-electron chi connectivity index (χ3n) is 2.05. The van der Waals surface area contributed by atoms with Crippen molar-refractivity contribution in [3.05, 3.63) is 0 Å². The Hall–Kier alpha value is -0.600. The van der Waals surface area contributed by atoms with Crippen LogP contribution in [-0.4, -0.2) is 16.7 Å². The van der Waals surface area contributed by atoms with E-state index in [2.05, 4.69) is 0 Å². The Labute approximate surface area is 66.4 Å². The summed E-state index contributed by atoms with van der Waals surface area (Å²) in [6.07, 6.45) is -0.434. The first kappa shape index (κ1) is 10.4. The third kappa shape index (κ3) is 2.87. The Kier molecular flexibility index (Phi) is 2.64. The Morgan fingerprint density at radius 1 is 1.36 bits per heavy atom.